The van der Waals surface area contributed by atoms with Crippen LogP contribution in [-0.4, -0.2) is 10.2 Å². The zero-order chi connectivity index (χ0) is 11.4. The number of hydrazine groups is 1. The van der Waals surface area contributed by atoms with Gasteiger partial charge in [-0.25, -0.2) is 5.43 Å². The van der Waals surface area contributed by atoms with Gasteiger partial charge >= 0.3 is 0 Å². The standard InChI is InChI=1S/C11H11ClN4/c12-10-4-2-1-3-9(10)11(16-13)8-5-6-14-15-7-8/h1-7,11,16H,13H2. The van der Waals surface area contributed by atoms with Gasteiger partial charge in [-0.3, -0.25) is 5.84 Å². The number of hydrogen-bond donors (Lipinski definition) is 2. The van der Waals surface area contributed by atoms with Crippen LogP contribution in [0.5, 0.6) is 0 Å². The van der Waals surface area contributed by atoms with Crippen molar-refractivity contribution in [2.45, 2.75) is 6.04 Å². The number of rotatable bonds is 3. The van der Waals surface area contributed by atoms with E-state index in [0.717, 1.165) is 11.1 Å². The lowest BCUT2D eigenvalue weighted by Gasteiger charge is -2.17. The minimum absolute atomic E-state index is 0.177. The summed E-state index contributed by atoms with van der Waals surface area (Å²) in [6.45, 7) is 0. The summed E-state index contributed by atoms with van der Waals surface area (Å²) in [4.78, 5) is 0. The van der Waals surface area contributed by atoms with E-state index in [-0.39, 0.29) is 6.04 Å². The Balaban J connectivity index is 2.41. The van der Waals surface area contributed by atoms with Gasteiger partial charge in [-0.2, -0.15) is 10.2 Å². The van der Waals surface area contributed by atoms with Crippen LogP contribution in [0.25, 0.3) is 0 Å². The number of benzene rings is 1. The molecule has 0 aliphatic heterocycles. The molecule has 0 amide bonds. The van der Waals surface area contributed by atoms with Gasteiger partial charge in [0.15, 0.2) is 0 Å². The molecule has 3 N–H and O–H groups in total. The molecule has 1 heterocycles. The van der Waals surface area contributed by atoms with Crippen LogP contribution in [0.15, 0.2) is 42.7 Å². The number of nitrogens with two attached hydrogens (primary N) is 1. The van der Waals surface area contributed by atoms with Crippen molar-refractivity contribution in [3.63, 3.8) is 0 Å². The molecule has 1 aromatic heterocycles. The van der Waals surface area contributed by atoms with Gasteiger partial charge in [0.1, 0.15) is 0 Å². The predicted octanol–water partition coefficient (Wildman–Crippen LogP) is 1.68. The first-order chi connectivity index (χ1) is 7.83. The van der Waals surface area contributed by atoms with E-state index in [1.54, 1.807) is 12.4 Å². The summed E-state index contributed by atoms with van der Waals surface area (Å²) in [6, 6.07) is 9.22. The van der Waals surface area contributed by atoms with E-state index in [1.807, 2.05) is 30.3 Å². The summed E-state index contributed by atoms with van der Waals surface area (Å²) < 4.78 is 0. The minimum Gasteiger partial charge on any atom is -0.271 e. The van der Waals surface area contributed by atoms with Crippen LogP contribution in [0.1, 0.15) is 17.2 Å². The first kappa shape index (κ1) is 11.0. The van der Waals surface area contributed by atoms with E-state index in [9.17, 15) is 0 Å². The van der Waals surface area contributed by atoms with Crippen molar-refractivity contribution in [3.05, 3.63) is 58.9 Å². The van der Waals surface area contributed by atoms with Crippen LogP contribution in [0, 0.1) is 0 Å². The van der Waals surface area contributed by atoms with Crippen molar-refractivity contribution in [1.29, 1.82) is 0 Å². The zero-order valence-electron chi connectivity index (χ0n) is 8.47. The fourth-order valence-electron chi connectivity index (χ4n) is 1.55. The molecule has 1 aromatic carbocycles. The lowest BCUT2D eigenvalue weighted by atomic mass is 10.0. The highest BCUT2D eigenvalue weighted by atomic mass is 35.5. The SMILES string of the molecule is NNC(c1ccnnc1)c1ccccc1Cl. The number of nitrogens with zero attached hydrogens (tertiary/aromatic N) is 2. The van der Waals surface area contributed by atoms with E-state index < -0.39 is 0 Å². The molecule has 2 rings (SSSR count). The maximum atomic E-state index is 6.12. The van der Waals surface area contributed by atoms with Gasteiger partial charge in [0.25, 0.3) is 0 Å². The average Bonchev–Trinajstić information content (AvgIpc) is 2.34. The van der Waals surface area contributed by atoms with Crippen LogP contribution in [0.2, 0.25) is 5.02 Å². The average molecular weight is 235 g/mol. The highest BCUT2D eigenvalue weighted by Crippen LogP contribution is 2.26. The van der Waals surface area contributed by atoms with Gasteiger partial charge in [-0.05, 0) is 23.3 Å². The summed E-state index contributed by atoms with van der Waals surface area (Å²) in [6.07, 6.45) is 3.28. The molecule has 0 aliphatic rings. The van der Waals surface area contributed by atoms with Crippen molar-refractivity contribution in [2.75, 3.05) is 0 Å². The Morgan fingerprint density at radius 3 is 2.62 bits per heavy atom. The van der Waals surface area contributed by atoms with Crippen LogP contribution < -0.4 is 11.3 Å². The number of aromatic nitrogens is 2. The molecular formula is C11H11ClN4. The lowest BCUT2D eigenvalue weighted by molar-refractivity contribution is 0.632. The third-order valence-corrected chi connectivity index (χ3v) is 2.67. The quantitative estimate of drug-likeness (QED) is 0.627. The first-order valence-corrected chi connectivity index (χ1v) is 5.18. The van der Waals surface area contributed by atoms with Crippen LogP contribution in [0.3, 0.4) is 0 Å². The third kappa shape index (κ3) is 2.19. The Morgan fingerprint density at radius 2 is 2.00 bits per heavy atom. The van der Waals surface area contributed by atoms with E-state index in [2.05, 4.69) is 15.6 Å². The van der Waals surface area contributed by atoms with Gasteiger partial charge in [0, 0.05) is 11.2 Å². The minimum atomic E-state index is -0.177. The molecule has 0 bridgehead atoms. The molecular weight excluding hydrogens is 224 g/mol. The molecule has 0 aliphatic carbocycles. The Labute approximate surface area is 98.4 Å². The van der Waals surface area contributed by atoms with Gasteiger partial charge in [0.2, 0.25) is 0 Å². The normalized spacial score (nSPS) is 12.4. The zero-order valence-corrected chi connectivity index (χ0v) is 9.22. The molecule has 5 heteroatoms. The second-order valence-electron chi connectivity index (χ2n) is 3.30. The second kappa shape index (κ2) is 5.03. The van der Waals surface area contributed by atoms with Gasteiger partial charge in [0.05, 0.1) is 12.2 Å². The van der Waals surface area contributed by atoms with Crippen molar-refractivity contribution >= 4 is 11.6 Å². The van der Waals surface area contributed by atoms with Crippen molar-refractivity contribution < 1.29 is 0 Å². The molecule has 0 radical (unpaired) electrons. The van der Waals surface area contributed by atoms with Gasteiger partial charge in [-0.15, -0.1) is 0 Å². The maximum absolute atomic E-state index is 6.12. The fourth-order valence-corrected chi connectivity index (χ4v) is 1.79. The molecule has 0 saturated carbocycles. The molecule has 4 nitrogen and oxygen atoms in total. The summed E-state index contributed by atoms with van der Waals surface area (Å²) in [5.74, 6) is 5.55. The third-order valence-electron chi connectivity index (χ3n) is 2.32. The van der Waals surface area contributed by atoms with Gasteiger partial charge < -0.3 is 0 Å². The summed E-state index contributed by atoms with van der Waals surface area (Å²) in [5, 5.41) is 8.22. The van der Waals surface area contributed by atoms with Crippen molar-refractivity contribution in [3.8, 4) is 0 Å². The second-order valence-corrected chi connectivity index (χ2v) is 3.70. The monoisotopic (exact) mass is 234 g/mol. The largest absolute Gasteiger partial charge is 0.271 e. The Hall–Kier alpha value is -1.49. The Morgan fingerprint density at radius 1 is 1.19 bits per heavy atom. The smallest absolute Gasteiger partial charge is 0.0740 e. The molecule has 1 unspecified atom stereocenters. The molecule has 2 aromatic rings. The van der Waals surface area contributed by atoms with Crippen molar-refractivity contribution in [1.82, 2.24) is 15.6 Å². The number of halogens is 1. The summed E-state index contributed by atoms with van der Waals surface area (Å²) in [7, 11) is 0. The topological polar surface area (TPSA) is 63.8 Å². The highest BCUT2D eigenvalue weighted by molar-refractivity contribution is 6.31. The number of hydrogen-bond acceptors (Lipinski definition) is 4. The van der Waals surface area contributed by atoms with Crippen LogP contribution in [0.4, 0.5) is 0 Å². The Kier molecular flexibility index (Phi) is 3.46. The number of nitrogens with one attached hydrogen (secondary N) is 1. The summed E-state index contributed by atoms with van der Waals surface area (Å²) >= 11 is 6.12. The van der Waals surface area contributed by atoms with Crippen molar-refractivity contribution in [2.24, 2.45) is 5.84 Å². The predicted molar refractivity (Wildman–Crippen MR) is 62.7 cm³/mol. The van der Waals surface area contributed by atoms with E-state index >= 15 is 0 Å². The molecule has 0 spiro atoms. The van der Waals surface area contributed by atoms with Crippen LogP contribution in [-0.2, 0) is 0 Å². The van der Waals surface area contributed by atoms with E-state index in [4.69, 9.17) is 17.4 Å². The molecule has 0 saturated heterocycles. The molecule has 1 atom stereocenters. The lowest BCUT2D eigenvalue weighted by Crippen LogP contribution is -2.29. The highest BCUT2D eigenvalue weighted by Gasteiger charge is 2.14. The molecule has 16 heavy (non-hydrogen) atoms. The maximum Gasteiger partial charge on any atom is 0.0740 e. The van der Waals surface area contributed by atoms with Crippen LogP contribution >= 0.6 is 11.6 Å². The first-order valence-electron chi connectivity index (χ1n) is 4.80. The molecule has 82 valence electrons. The summed E-state index contributed by atoms with van der Waals surface area (Å²) in [5.41, 5.74) is 4.56. The Bertz CT molecular complexity index is 461. The van der Waals surface area contributed by atoms with Gasteiger partial charge in [-0.1, -0.05) is 29.8 Å². The molecule has 0 fully saturated rings. The van der Waals surface area contributed by atoms with E-state index in [1.165, 1.54) is 0 Å². The van der Waals surface area contributed by atoms with E-state index in [0.29, 0.717) is 5.02 Å². The fraction of sp³-hybridized carbons (Fsp3) is 0.0909.